The zero-order valence-electron chi connectivity index (χ0n) is 16.6. The molecule has 3 heterocycles. The molecule has 0 atom stereocenters. The lowest BCUT2D eigenvalue weighted by atomic mass is 10.1. The number of aromatic nitrogens is 2. The highest BCUT2D eigenvalue weighted by Crippen LogP contribution is 2.20. The van der Waals surface area contributed by atoms with E-state index in [4.69, 9.17) is 0 Å². The molecule has 1 saturated heterocycles. The number of hydrogen-bond donors (Lipinski definition) is 0. The Labute approximate surface area is 174 Å². The van der Waals surface area contributed by atoms with Crippen LogP contribution in [-0.2, 0) is 11.3 Å². The van der Waals surface area contributed by atoms with E-state index in [1.54, 1.807) is 12.4 Å². The third-order valence-corrected chi connectivity index (χ3v) is 5.83. The number of hydrogen-bond acceptors (Lipinski definition) is 4. The number of amides is 1. The number of piperazine rings is 1. The lowest BCUT2D eigenvalue weighted by Crippen LogP contribution is -2.49. The Bertz CT molecular complexity index is 1210. The minimum atomic E-state index is 0.0101. The second kappa shape index (κ2) is 7.63. The molecule has 5 rings (SSSR count). The van der Waals surface area contributed by atoms with Crippen LogP contribution in [0.2, 0.25) is 0 Å². The standard InChI is InChI=1S/C24H22N4O2/c29-23(27-15-13-26(14-16-27)18-9-11-25-12-10-18)17-28-21-7-3-1-5-19(21)24(30)20-6-2-4-8-22(20)28/h1-12H,13-17H2. The Kier molecular flexibility index (Phi) is 4.67. The number of pyridine rings is 2. The summed E-state index contributed by atoms with van der Waals surface area (Å²) >= 11 is 0. The molecule has 1 amide bonds. The summed E-state index contributed by atoms with van der Waals surface area (Å²) in [5.74, 6) is 0.0725. The molecule has 0 bridgehead atoms. The van der Waals surface area contributed by atoms with Gasteiger partial charge in [0.1, 0.15) is 6.54 Å². The van der Waals surface area contributed by atoms with Crippen molar-refractivity contribution in [3.63, 3.8) is 0 Å². The van der Waals surface area contributed by atoms with E-state index >= 15 is 0 Å². The Hall–Kier alpha value is -3.67. The first-order chi connectivity index (χ1) is 14.7. The van der Waals surface area contributed by atoms with Gasteiger partial charge in [0.05, 0.1) is 11.0 Å². The zero-order chi connectivity index (χ0) is 20.5. The molecule has 6 nitrogen and oxygen atoms in total. The lowest BCUT2D eigenvalue weighted by Gasteiger charge is -2.36. The number of carbonyl (C=O) groups is 1. The number of fused-ring (bicyclic) bond motifs is 2. The summed E-state index contributed by atoms with van der Waals surface area (Å²) in [6.07, 6.45) is 3.58. The molecular weight excluding hydrogens is 376 g/mol. The smallest absolute Gasteiger partial charge is 0.242 e. The van der Waals surface area contributed by atoms with E-state index in [0.717, 1.165) is 29.8 Å². The average molecular weight is 398 g/mol. The predicted octanol–water partition coefficient (Wildman–Crippen LogP) is 2.90. The Morgan fingerprint density at radius 3 is 1.97 bits per heavy atom. The minimum absolute atomic E-state index is 0.0101. The second-order valence-electron chi connectivity index (χ2n) is 7.52. The fourth-order valence-corrected chi connectivity index (χ4v) is 4.25. The van der Waals surface area contributed by atoms with Crippen LogP contribution >= 0.6 is 0 Å². The van der Waals surface area contributed by atoms with Crippen molar-refractivity contribution in [2.24, 2.45) is 0 Å². The van der Waals surface area contributed by atoms with Crippen LogP contribution in [0.3, 0.4) is 0 Å². The fraction of sp³-hybridized carbons (Fsp3) is 0.208. The topological polar surface area (TPSA) is 58.4 Å². The molecule has 2 aromatic carbocycles. The van der Waals surface area contributed by atoms with E-state index in [1.807, 2.05) is 70.1 Å². The molecule has 0 radical (unpaired) electrons. The van der Waals surface area contributed by atoms with E-state index in [1.165, 1.54) is 0 Å². The molecule has 1 fully saturated rings. The van der Waals surface area contributed by atoms with E-state index in [9.17, 15) is 9.59 Å². The number of carbonyl (C=O) groups excluding carboxylic acids is 1. The molecule has 0 spiro atoms. The van der Waals surface area contributed by atoms with E-state index < -0.39 is 0 Å². The number of rotatable bonds is 3. The van der Waals surface area contributed by atoms with Gasteiger partial charge in [-0.3, -0.25) is 14.6 Å². The molecular formula is C24H22N4O2. The van der Waals surface area contributed by atoms with Gasteiger partial charge in [-0.25, -0.2) is 0 Å². The molecule has 6 heteroatoms. The highest BCUT2D eigenvalue weighted by atomic mass is 16.2. The van der Waals surface area contributed by atoms with Crippen molar-refractivity contribution in [3.05, 3.63) is 83.3 Å². The molecule has 0 N–H and O–H groups in total. The van der Waals surface area contributed by atoms with Crippen LogP contribution in [0.4, 0.5) is 5.69 Å². The summed E-state index contributed by atoms with van der Waals surface area (Å²) in [5.41, 5.74) is 2.74. The maximum Gasteiger partial charge on any atom is 0.242 e. The maximum absolute atomic E-state index is 13.2. The average Bonchev–Trinajstić information content (AvgIpc) is 2.82. The quantitative estimate of drug-likeness (QED) is 0.498. The number of nitrogens with zero attached hydrogens (tertiary/aromatic N) is 4. The summed E-state index contributed by atoms with van der Waals surface area (Å²) in [5, 5.41) is 1.29. The van der Waals surface area contributed by atoms with E-state index in [-0.39, 0.29) is 17.9 Å². The van der Waals surface area contributed by atoms with Gasteiger partial charge in [-0.2, -0.15) is 0 Å². The monoisotopic (exact) mass is 398 g/mol. The Balaban J connectivity index is 1.43. The highest BCUT2D eigenvalue weighted by Gasteiger charge is 2.22. The molecule has 0 aliphatic carbocycles. The first-order valence-corrected chi connectivity index (χ1v) is 10.2. The van der Waals surface area contributed by atoms with Crippen LogP contribution in [0.15, 0.2) is 77.9 Å². The highest BCUT2D eigenvalue weighted by molar-refractivity contribution is 5.94. The van der Waals surface area contributed by atoms with Gasteiger partial charge in [-0.1, -0.05) is 24.3 Å². The number of benzene rings is 2. The predicted molar refractivity (Wildman–Crippen MR) is 119 cm³/mol. The van der Waals surface area contributed by atoms with Crippen molar-refractivity contribution in [1.82, 2.24) is 14.5 Å². The molecule has 30 heavy (non-hydrogen) atoms. The van der Waals surface area contributed by atoms with Gasteiger partial charge in [-0.05, 0) is 36.4 Å². The molecule has 4 aromatic rings. The third-order valence-electron chi connectivity index (χ3n) is 5.83. The van der Waals surface area contributed by atoms with Crippen LogP contribution in [0, 0.1) is 0 Å². The van der Waals surface area contributed by atoms with Crippen LogP contribution in [-0.4, -0.2) is 46.5 Å². The zero-order valence-corrected chi connectivity index (χ0v) is 16.6. The van der Waals surface area contributed by atoms with E-state index in [2.05, 4.69) is 9.88 Å². The number of anilines is 1. The molecule has 0 saturated carbocycles. The van der Waals surface area contributed by atoms with E-state index in [0.29, 0.717) is 23.9 Å². The third kappa shape index (κ3) is 3.20. The van der Waals surface area contributed by atoms with Crippen LogP contribution < -0.4 is 10.3 Å². The van der Waals surface area contributed by atoms with Gasteiger partial charge < -0.3 is 14.4 Å². The van der Waals surface area contributed by atoms with Gasteiger partial charge in [0.2, 0.25) is 5.91 Å². The van der Waals surface area contributed by atoms with Gasteiger partial charge >= 0.3 is 0 Å². The second-order valence-corrected chi connectivity index (χ2v) is 7.52. The van der Waals surface area contributed by atoms with Crippen molar-refractivity contribution in [2.45, 2.75) is 6.54 Å². The van der Waals surface area contributed by atoms with Gasteiger partial charge in [-0.15, -0.1) is 0 Å². The summed E-state index contributed by atoms with van der Waals surface area (Å²) < 4.78 is 1.98. The van der Waals surface area contributed by atoms with Crippen LogP contribution in [0.25, 0.3) is 21.8 Å². The Morgan fingerprint density at radius 1 is 0.800 bits per heavy atom. The van der Waals surface area contributed by atoms with Crippen LogP contribution in [0.1, 0.15) is 0 Å². The van der Waals surface area contributed by atoms with Crippen molar-refractivity contribution in [3.8, 4) is 0 Å². The molecule has 1 aliphatic heterocycles. The van der Waals surface area contributed by atoms with Crippen molar-refractivity contribution in [1.29, 1.82) is 0 Å². The molecule has 2 aromatic heterocycles. The summed E-state index contributed by atoms with van der Waals surface area (Å²) in [7, 11) is 0. The molecule has 1 aliphatic rings. The molecule has 150 valence electrons. The van der Waals surface area contributed by atoms with Crippen molar-refractivity contribution < 1.29 is 4.79 Å². The lowest BCUT2D eigenvalue weighted by molar-refractivity contribution is -0.132. The summed E-state index contributed by atoms with van der Waals surface area (Å²) in [4.78, 5) is 34.3. The summed E-state index contributed by atoms with van der Waals surface area (Å²) in [6.45, 7) is 3.16. The van der Waals surface area contributed by atoms with Gasteiger partial charge in [0, 0.05) is 55.0 Å². The summed E-state index contributed by atoms with van der Waals surface area (Å²) in [6, 6.07) is 19.0. The SMILES string of the molecule is O=C(Cn1c2ccccc2c(=O)c2ccccc21)N1CCN(c2ccncc2)CC1. The largest absolute Gasteiger partial charge is 0.368 e. The first kappa shape index (κ1) is 18.4. The fourth-order valence-electron chi connectivity index (χ4n) is 4.25. The molecule has 0 unspecified atom stereocenters. The number of para-hydroxylation sites is 2. The van der Waals surface area contributed by atoms with Gasteiger partial charge in [0.15, 0.2) is 5.43 Å². The van der Waals surface area contributed by atoms with Crippen molar-refractivity contribution >= 4 is 33.4 Å². The normalized spacial score (nSPS) is 14.4. The van der Waals surface area contributed by atoms with Crippen molar-refractivity contribution in [2.75, 3.05) is 31.1 Å². The first-order valence-electron chi connectivity index (χ1n) is 10.2. The Morgan fingerprint density at radius 2 is 1.37 bits per heavy atom. The maximum atomic E-state index is 13.2. The van der Waals surface area contributed by atoms with Crippen LogP contribution in [0.5, 0.6) is 0 Å². The minimum Gasteiger partial charge on any atom is -0.368 e. The van der Waals surface area contributed by atoms with Gasteiger partial charge in [0.25, 0.3) is 0 Å².